The number of halogens is 1. The molecule has 118 valence electrons. The van der Waals surface area contributed by atoms with Crippen LogP contribution in [0.1, 0.15) is 22.7 Å². The molecule has 1 heterocycles. The molecule has 1 saturated heterocycles. The second-order valence-corrected chi connectivity index (χ2v) is 5.90. The third-order valence-electron chi connectivity index (χ3n) is 4.45. The summed E-state index contributed by atoms with van der Waals surface area (Å²) in [7, 11) is 0. The van der Waals surface area contributed by atoms with Crippen molar-refractivity contribution in [1.82, 2.24) is 4.90 Å². The molecule has 1 aliphatic carbocycles. The number of benzene rings is 1. The van der Waals surface area contributed by atoms with Gasteiger partial charge in [-0.05, 0) is 35.6 Å². The lowest BCUT2D eigenvalue weighted by Gasteiger charge is -2.33. The molecule has 2 unspecified atom stereocenters. The van der Waals surface area contributed by atoms with Crippen molar-refractivity contribution in [2.75, 3.05) is 26.3 Å². The van der Waals surface area contributed by atoms with Crippen LogP contribution >= 0.6 is 0 Å². The van der Waals surface area contributed by atoms with Gasteiger partial charge in [0.1, 0.15) is 18.1 Å². The summed E-state index contributed by atoms with van der Waals surface area (Å²) in [5.74, 6) is -1.02. The van der Waals surface area contributed by atoms with Crippen molar-refractivity contribution in [3.05, 3.63) is 34.6 Å². The number of carbonyl (C=O) groups excluding carboxylic acids is 2. The van der Waals surface area contributed by atoms with E-state index in [-0.39, 0.29) is 11.7 Å². The second-order valence-electron chi connectivity index (χ2n) is 5.90. The number of morpholine rings is 1. The number of aldehydes is 1. The van der Waals surface area contributed by atoms with Gasteiger partial charge in [-0.3, -0.25) is 9.69 Å². The third kappa shape index (κ3) is 2.76. The first-order valence-corrected chi connectivity index (χ1v) is 7.47. The molecule has 2 aliphatic rings. The largest absolute Gasteiger partial charge is 0.379 e. The Labute approximate surface area is 128 Å². The maximum Gasteiger partial charge on any atom is 0.239 e. The third-order valence-corrected chi connectivity index (χ3v) is 4.45. The number of fused-ring (bicyclic) bond motifs is 1. The van der Waals surface area contributed by atoms with E-state index < -0.39 is 11.9 Å². The number of nitrogens with zero attached hydrogens (tertiary/aromatic N) is 1. The summed E-state index contributed by atoms with van der Waals surface area (Å²) in [6.07, 6.45) is 1.83. The predicted octanol–water partition coefficient (Wildman–Crippen LogP) is 0.598. The lowest BCUT2D eigenvalue weighted by atomic mass is 9.98. The van der Waals surface area contributed by atoms with Crippen molar-refractivity contribution < 1.29 is 18.7 Å². The quantitative estimate of drug-likeness (QED) is 0.827. The van der Waals surface area contributed by atoms with E-state index in [9.17, 15) is 14.0 Å². The molecule has 0 saturated carbocycles. The molecule has 0 bridgehead atoms. The van der Waals surface area contributed by atoms with Crippen LogP contribution in [-0.2, 0) is 27.2 Å². The Balaban J connectivity index is 1.94. The standard InChI is InChI=1S/C16H19FN2O3/c17-14-8-12(7-11-5-10(9-20)6-13(11)14)15(16(18)21)19-1-3-22-4-2-19/h7-10,15H,1-6H2,(H2,18,21). The molecule has 5 nitrogen and oxygen atoms in total. The van der Waals surface area contributed by atoms with Gasteiger partial charge in [-0.25, -0.2) is 4.39 Å². The molecular weight excluding hydrogens is 287 g/mol. The molecule has 1 aliphatic heterocycles. The van der Waals surface area contributed by atoms with Crippen LogP contribution in [-0.4, -0.2) is 43.4 Å². The average molecular weight is 306 g/mol. The molecule has 0 spiro atoms. The van der Waals surface area contributed by atoms with Gasteiger partial charge in [0.15, 0.2) is 0 Å². The fraction of sp³-hybridized carbons (Fsp3) is 0.500. The zero-order valence-corrected chi connectivity index (χ0v) is 12.3. The van der Waals surface area contributed by atoms with Crippen molar-refractivity contribution >= 4 is 12.2 Å². The fourth-order valence-electron chi connectivity index (χ4n) is 3.39. The fourth-order valence-corrected chi connectivity index (χ4v) is 3.39. The van der Waals surface area contributed by atoms with Crippen LogP contribution < -0.4 is 5.73 Å². The molecule has 2 N–H and O–H groups in total. The number of amides is 1. The molecule has 0 radical (unpaired) electrons. The van der Waals surface area contributed by atoms with Gasteiger partial charge < -0.3 is 15.3 Å². The van der Waals surface area contributed by atoms with E-state index in [4.69, 9.17) is 10.5 Å². The topological polar surface area (TPSA) is 72.6 Å². The smallest absolute Gasteiger partial charge is 0.239 e. The highest BCUT2D eigenvalue weighted by molar-refractivity contribution is 5.81. The molecule has 1 fully saturated rings. The molecule has 1 aromatic carbocycles. The Kier molecular flexibility index (Phi) is 4.22. The average Bonchev–Trinajstić information content (AvgIpc) is 2.92. The van der Waals surface area contributed by atoms with E-state index >= 15 is 0 Å². The first-order valence-electron chi connectivity index (χ1n) is 7.47. The molecule has 3 rings (SSSR count). The maximum absolute atomic E-state index is 14.3. The van der Waals surface area contributed by atoms with E-state index in [1.54, 1.807) is 0 Å². The Morgan fingerprint density at radius 3 is 2.73 bits per heavy atom. The van der Waals surface area contributed by atoms with E-state index in [0.717, 1.165) is 11.8 Å². The van der Waals surface area contributed by atoms with Gasteiger partial charge >= 0.3 is 0 Å². The van der Waals surface area contributed by atoms with E-state index in [0.29, 0.717) is 50.3 Å². The van der Waals surface area contributed by atoms with Crippen LogP contribution in [0.25, 0.3) is 0 Å². The van der Waals surface area contributed by atoms with Crippen LogP contribution in [0.15, 0.2) is 12.1 Å². The minimum absolute atomic E-state index is 0.171. The summed E-state index contributed by atoms with van der Waals surface area (Å²) < 4.78 is 19.6. The number of hydrogen-bond donors (Lipinski definition) is 1. The molecule has 0 aromatic heterocycles. The van der Waals surface area contributed by atoms with Crippen molar-refractivity contribution in [3.63, 3.8) is 0 Å². The lowest BCUT2D eigenvalue weighted by Crippen LogP contribution is -2.44. The summed E-state index contributed by atoms with van der Waals surface area (Å²) in [5.41, 5.74) is 7.52. The van der Waals surface area contributed by atoms with Crippen molar-refractivity contribution in [2.45, 2.75) is 18.9 Å². The number of rotatable bonds is 4. The first kappa shape index (κ1) is 15.1. The number of primary amides is 1. The highest BCUT2D eigenvalue weighted by atomic mass is 19.1. The number of hydrogen-bond acceptors (Lipinski definition) is 4. The number of ether oxygens (including phenoxy) is 1. The van der Waals surface area contributed by atoms with Crippen LogP contribution in [0.3, 0.4) is 0 Å². The monoisotopic (exact) mass is 306 g/mol. The molecule has 6 heteroatoms. The SMILES string of the molecule is NC(=O)C(c1cc(F)c2c(c1)CC(C=O)C2)N1CCOCC1. The van der Waals surface area contributed by atoms with E-state index in [1.165, 1.54) is 6.07 Å². The molecule has 2 atom stereocenters. The van der Waals surface area contributed by atoms with Gasteiger partial charge in [0.2, 0.25) is 5.91 Å². The van der Waals surface area contributed by atoms with Crippen LogP contribution in [0.2, 0.25) is 0 Å². The van der Waals surface area contributed by atoms with Gasteiger partial charge in [0, 0.05) is 19.0 Å². The summed E-state index contributed by atoms with van der Waals surface area (Å²) in [4.78, 5) is 24.8. The highest BCUT2D eigenvalue weighted by Gasteiger charge is 2.31. The Morgan fingerprint density at radius 2 is 2.09 bits per heavy atom. The predicted molar refractivity (Wildman–Crippen MR) is 77.7 cm³/mol. The number of nitrogens with two attached hydrogens (primary N) is 1. The van der Waals surface area contributed by atoms with Crippen LogP contribution in [0, 0.1) is 11.7 Å². The summed E-state index contributed by atoms with van der Waals surface area (Å²) in [6, 6.07) is 2.56. The summed E-state index contributed by atoms with van der Waals surface area (Å²) >= 11 is 0. The van der Waals surface area contributed by atoms with Gasteiger partial charge in [-0.15, -0.1) is 0 Å². The second kappa shape index (κ2) is 6.14. The molecule has 22 heavy (non-hydrogen) atoms. The molecular formula is C16H19FN2O3. The van der Waals surface area contributed by atoms with Crippen LogP contribution in [0.5, 0.6) is 0 Å². The van der Waals surface area contributed by atoms with Gasteiger partial charge in [-0.1, -0.05) is 6.07 Å². The van der Waals surface area contributed by atoms with Gasteiger partial charge in [0.25, 0.3) is 0 Å². The zero-order chi connectivity index (χ0) is 15.7. The minimum Gasteiger partial charge on any atom is -0.379 e. The molecule has 1 aromatic rings. The number of carbonyl (C=O) groups is 2. The Hall–Kier alpha value is -1.79. The van der Waals surface area contributed by atoms with E-state index in [1.807, 2.05) is 11.0 Å². The van der Waals surface area contributed by atoms with Crippen molar-refractivity contribution in [3.8, 4) is 0 Å². The first-order chi connectivity index (χ1) is 10.6. The van der Waals surface area contributed by atoms with Crippen molar-refractivity contribution in [2.24, 2.45) is 11.7 Å². The highest BCUT2D eigenvalue weighted by Crippen LogP contribution is 2.32. The summed E-state index contributed by atoms with van der Waals surface area (Å²) in [6.45, 7) is 2.24. The summed E-state index contributed by atoms with van der Waals surface area (Å²) in [5, 5.41) is 0. The zero-order valence-electron chi connectivity index (χ0n) is 12.3. The molecule has 1 amide bonds. The Morgan fingerprint density at radius 1 is 1.36 bits per heavy atom. The Bertz CT molecular complexity index is 599. The van der Waals surface area contributed by atoms with Gasteiger partial charge in [0.05, 0.1) is 13.2 Å². The van der Waals surface area contributed by atoms with Gasteiger partial charge in [-0.2, -0.15) is 0 Å². The maximum atomic E-state index is 14.3. The van der Waals surface area contributed by atoms with Crippen LogP contribution in [0.4, 0.5) is 4.39 Å². The van der Waals surface area contributed by atoms with Crippen molar-refractivity contribution in [1.29, 1.82) is 0 Å². The normalized spacial score (nSPS) is 23.0. The minimum atomic E-state index is -0.654. The lowest BCUT2D eigenvalue weighted by molar-refractivity contribution is -0.125. The van der Waals surface area contributed by atoms with E-state index in [2.05, 4.69) is 0 Å².